The predicted molar refractivity (Wildman–Crippen MR) is 87.8 cm³/mol. The molecular weight excluding hydrogens is 330 g/mol. The van der Waals surface area contributed by atoms with E-state index in [0.717, 1.165) is 18.5 Å². The number of aryl methyl sites for hydroxylation is 2. The van der Waals surface area contributed by atoms with Crippen molar-refractivity contribution in [2.24, 2.45) is 20.0 Å². The Kier molecular flexibility index (Phi) is 4.75. The Balaban J connectivity index is 1.74. The van der Waals surface area contributed by atoms with Crippen molar-refractivity contribution in [1.82, 2.24) is 24.3 Å². The lowest BCUT2D eigenvalue weighted by Gasteiger charge is -2.31. The molecule has 0 amide bonds. The first-order valence-electron chi connectivity index (χ1n) is 7.98. The zero-order chi connectivity index (χ0) is 17.3. The first kappa shape index (κ1) is 17.1. The van der Waals surface area contributed by atoms with Crippen LogP contribution in [0.25, 0.3) is 0 Å². The van der Waals surface area contributed by atoms with Gasteiger partial charge in [0.05, 0.1) is 17.6 Å². The highest BCUT2D eigenvalue weighted by atomic mass is 32.2. The zero-order valence-corrected chi connectivity index (χ0v) is 15.0. The highest BCUT2D eigenvalue weighted by molar-refractivity contribution is 7.89. The number of sulfonamides is 1. The first-order chi connectivity index (χ1) is 11.4. The van der Waals surface area contributed by atoms with Crippen LogP contribution in [0.5, 0.6) is 0 Å². The van der Waals surface area contributed by atoms with Crippen molar-refractivity contribution in [3.8, 4) is 0 Å². The summed E-state index contributed by atoms with van der Waals surface area (Å²) < 4.78 is 37.0. The minimum atomic E-state index is -3.58. The van der Waals surface area contributed by atoms with Crippen LogP contribution in [-0.2, 0) is 28.9 Å². The molecule has 1 N–H and O–H groups in total. The SMILES string of the molecule is Cc1c(S(=O)(=O)NC[C@@H]2CCCO[C@H]2c2ccnn2C)cnn1C. The number of hydrogen-bond donors (Lipinski definition) is 1. The molecular formula is C15H23N5O3S. The van der Waals surface area contributed by atoms with Crippen molar-refractivity contribution in [1.29, 1.82) is 0 Å². The largest absolute Gasteiger partial charge is 0.372 e. The van der Waals surface area contributed by atoms with Gasteiger partial charge in [0.15, 0.2) is 0 Å². The second kappa shape index (κ2) is 6.66. The summed E-state index contributed by atoms with van der Waals surface area (Å²) in [5.74, 6) is 0.0703. The molecule has 0 spiro atoms. The van der Waals surface area contributed by atoms with Crippen LogP contribution in [0, 0.1) is 12.8 Å². The van der Waals surface area contributed by atoms with Crippen LogP contribution in [0.15, 0.2) is 23.4 Å². The quantitative estimate of drug-likeness (QED) is 0.863. The summed E-state index contributed by atoms with van der Waals surface area (Å²) in [5.41, 5.74) is 1.59. The summed E-state index contributed by atoms with van der Waals surface area (Å²) in [6.07, 6.45) is 4.79. The van der Waals surface area contributed by atoms with E-state index >= 15 is 0 Å². The van der Waals surface area contributed by atoms with Crippen LogP contribution < -0.4 is 4.72 Å². The van der Waals surface area contributed by atoms with Crippen LogP contribution in [0.4, 0.5) is 0 Å². The van der Waals surface area contributed by atoms with E-state index in [-0.39, 0.29) is 16.9 Å². The third-order valence-electron chi connectivity index (χ3n) is 4.61. The van der Waals surface area contributed by atoms with Gasteiger partial charge in [-0.25, -0.2) is 13.1 Å². The molecule has 9 heteroatoms. The molecule has 0 aliphatic carbocycles. The lowest BCUT2D eigenvalue weighted by Crippen LogP contribution is -2.35. The molecule has 24 heavy (non-hydrogen) atoms. The van der Waals surface area contributed by atoms with E-state index in [1.54, 1.807) is 29.5 Å². The summed E-state index contributed by atoms with van der Waals surface area (Å²) in [6.45, 7) is 2.75. The molecule has 0 unspecified atom stereocenters. The van der Waals surface area contributed by atoms with Crippen LogP contribution in [0.3, 0.4) is 0 Å². The van der Waals surface area contributed by atoms with E-state index in [9.17, 15) is 8.42 Å². The molecule has 2 aromatic rings. The van der Waals surface area contributed by atoms with Crippen molar-refractivity contribution < 1.29 is 13.2 Å². The number of ether oxygens (including phenoxy) is 1. The standard InChI is InChI=1S/C15H23N5O3S/c1-11-14(10-17-19(11)2)24(21,22)18-9-12-5-4-8-23-15(12)13-6-7-16-20(13)3/h6-7,10,12,15,18H,4-5,8-9H2,1-3H3/t12-,15+/m0/s1. The maximum absolute atomic E-state index is 12.5. The minimum absolute atomic E-state index is 0.0703. The van der Waals surface area contributed by atoms with Crippen LogP contribution >= 0.6 is 0 Å². The van der Waals surface area contributed by atoms with Gasteiger partial charge < -0.3 is 4.74 Å². The van der Waals surface area contributed by atoms with Gasteiger partial charge in [-0.05, 0) is 25.8 Å². The van der Waals surface area contributed by atoms with Crippen LogP contribution in [-0.4, -0.2) is 41.1 Å². The smallest absolute Gasteiger partial charge is 0.243 e. The third kappa shape index (κ3) is 3.24. The molecule has 1 saturated heterocycles. The number of nitrogens with zero attached hydrogens (tertiary/aromatic N) is 4. The molecule has 0 saturated carbocycles. The number of hydrogen-bond acceptors (Lipinski definition) is 5. The Morgan fingerprint density at radius 1 is 1.33 bits per heavy atom. The lowest BCUT2D eigenvalue weighted by molar-refractivity contribution is -0.0307. The monoisotopic (exact) mass is 353 g/mol. The first-order valence-corrected chi connectivity index (χ1v) is 9.46. The molecule has 0 aromatic carbocycles. The second-order valence-electron chi connectivity index (χ2n) is 6.14. The fraction of sp³-hybridized carbons (Fsp3) is 0.600. The Labute approximate surface area is 141 Å². The van der Waals surface area contributed by atoms with Crippen molar-refractivity contribution in [2.75, 3.05) is 13.2 Å². The molecule has 2 atom stereocenters. The third-order valence-corrected chi connectivity index (χ3v) is 6.14. The topological polar surface area (TPSA) is 91.0 Å². The normalized spacial score (nSPS) is 22.0. The van der Waals surface area contributed by atoms with Crippen molar-refractivity contribution >= 4 is 10.0 Å². The van der Waals surface area contributed by atoms with Gasteiger partial charge in [-0.3, -0.25) is 9.36 Å². The molecule has 1 fully saturated rings. The molecule has 0 radical (unpaired) electrons. The minimum Gasteiger partial charge on any atom is -0.372 e. The molecule has 3 rings (SSSR count). The van der Waals surface area contributed by atoms with E-state index in [1.807, 2.05) is 13.1 Å². The van der Waals surface area contributed by atoms with E-state index in [1.165, 1.54) is 6.20 Å². The number of aromatic nitrogens is 4. The Bertz CT molecular complexity index is 811. The summed E-state index contributed by atoms with van der Waals surface area (Å²) >= 11 is 0. The Morgan fingerprint density at radius 3 is 2.75 bits per heavy atom. The van der Waals surface area contributed by atoms with Gasteiger partial charge in [-0.15, -0.1) is 0 Å². The number of rotatable bonds is 5. The summed E-state index contributed by atoms with van der Waals surface area (Å²) in [4.78, 5) is 0.221. The van der Waals surface area contributed by atoms with Gasteiger partial charge in [-0.2, -0.15) is 10.2 Å². The molecule has 132 valence electrons. The van der Waals surface area contributed by atoms with Gasteiger partial charge in [0, 0.05) is 39.4 Å². The van der Waals surface area contributed by atoms with Crippen molar-refractivity contribution in [3.05, 3.63) is 29.8 Å². The van der Waals surface area contributed by atoms with Gasteiger partial charge in [0.2, 0.25) is 10.0 Å². The molecule has 1 aliphatic heterocycles. The predicted octanol–water partition coefficient (Wildman–Crippen LogP) is 0.908. The average Bonchev–Trinajstić information content (AvgIpc) is 3.12. The van der Waals surface area contributed by atoms with E-state index < -0.39 is 10.0 Å². The maximum atomic E-state index is 12.5. The van der Waals surface area contributed by atoms with E-state index in [4.69, 9.17) is 4.74 Å². The van der Waals surface area contributed by atoms with Crippen molar-refractivity contribution in [3.63, 3.8) is 0 Å². The highest BCUT2D eigenvalue weighted by Crippen LogP contribution is 2.33. The summed E-state index contributed by atoms with van der Waals surface area (Å²) in [5, 5.41) is 8.19. The molecule has 1 aliphatic rings. The fourth-order valence-corrected chi connectivity index (χ4v) is 4.38. The number of nitrogens with one attached hydrogen (secondary N) is 1. The summed E-state index contributed by atoms with van der Waals surface area (Å²) in [6, 6.07) is 1.92. The maximum Gasteiger partial charge on any atom is 0.243 e. The lowest BCUT2D eigenvalue weighted by atomic mass is 9.92. The second-order valence-corrected chi connectivity index (χ2v) is 7.88. The fourth-order valence-electron chi connectivity index (χ4n) is 3.08. The highest BCUT2D eigenvalue weighted by Gasteiger charge is 2.31. The molecule has 2 aromatic heterocycles. The molecule has 0 bridgehead atoms. The Morgan fingerprint density at radius 2 is 2.12 bits per heavy atom. The zero-order valence-electron chi connectivity index (χ0n) is 14.1. The van der Waals surface area contributed by atoms with Crippen molar-refractivity contribution in [2.45, 2.75) is 30.8 Å². The summed E-state index contributed by atoms with van der Waals surface area (Å²) in [7, 11) is 0.00937. The van der Waals surface area contributed by atoms with Gasteiger partial charge in [0.25, 0.3) is 0 Å². The average molecular weight is 353 g/mol. The van der Waals surface area contributed by atoms with E-state index in [2.05, 4.69) is 14.9 Å². The van der Waals surface area contributed by atoms with Gasteiger partial charge in [0.1, 0.15) is 11.0 Å². The Hall–Kier alpha value is -1.71. The van der Waals surface area contributed by atoms with Crippen LogP contribution in [0.1, 0.15) is 30.3 Å². The van der Waals surface area contributed by atoms with E-state index in [0.29, 0.717) is 18.8 Å². The molecule has 3 heterocycles. The molecule has 8 nitrogen and oxygen atoms in total. The van der Waals surface area contributed by atoms with Gasteiger partial charge in [-0.1, -0.05) is 0 Å². The van der Waals surface area contributed by atoms with Gasteiger partial charge >= 0.3 is 0 Å². The van der Waals surface area contributed by atoms with Crippen LogP contribution in [0.2, 0.25) is 0 Å².